The van der Waals surface area contributed by atoms with Gasteiger partial charge in [-0.3, -0.25) is 4.98 Å². The molecule has 0 fully saturated rings. The van der Waals surface area contributed by atoms with E-state index in [0.717, 1.165) is 11.4 Å². The summed E-state index contributed by atoms with van der Waals surface area (Å²) in [6.07, 6.45) is 1.44. The number of esters is 1. The maximum atomic E-state index is 12.4. The van der Waals surface area contributed by atoms with E-state index >= 15 is 0 Å². The van der Waals surface area contributed by atoms with Crippen molar-refractivity contribution < 1.29 is 14.3 Å². The summed E-state index contributed by atoms with van der Waals surface area (Å²) in [5, 5.41) is 4.67. The van der Waals surface area contributed by atoms with E-state index in [4.69, 9.17) is 32.7 Å². The Balaban J connectivity index is 2.10. The SMILES string of the molecule is CCOC(=O)c1cnc2c(Cl)c(Cl)ccc2c1Nc1ccc(OCC)cc1. The van der Waals surface area contributed by atoms with Crippen molar-refractivity contribution in [3.8, 4) is 5.75 Å². The molecule has 0 aliphatic heterocycles. The molecule has 0 radical (unpaired) electrons. The van der Waals surface area contributed by atoms with Gasteiger partial charge in [0, 0.05) is 17.3 Å². The molecular formula is C20H18Cl2N2O3. The van der Waals surface area contributed by atoms with E-state index in [2.05, 4.69) is 10.3 Å². The molecule has 7 heteroatoms. The predicted octanol–water partition coefficient (Wildman–Crippen LogP) is 5.86. The fourth-order valence-electron chi connectivity index (χ4n) is 2.65. The highest BCUT2D eigenvalue weighted by Crippen LogP contribution is 2.36. The molecule has 0 saturated carbocycles. The number of benzene rings is 2. The molecule has 2 aromatic carbocycles. The molecule has 0 amide bonds. The number of anilines is 2. The molecule has 0 atom stereocenters. The maximum absolute atomic E-state index is 12.4. The molecule has 0 spiro atoms. The highest BCUT2D eigenvalue weighted by molar-refractivity contribution is 6.45. The minimum absolute atomic E-state index is 0.265. The van der Waals surface area contributed by atoms with Crippen LogP contribution in [0.1, 0.15) is 24.2 Å². The number of nitrogens with one attached hydrogen (secondary N) is 1. The van der Waals surface area contributed by atoms with Crippen LogP contribution in [0, 0.1) is 0 Å². The van der Waals surface area contributed by atoms with Crippen LogP contribution in [0.4, 0.5) is 11.4 Å². The van der Waals surface area contributed by atoms with Crippen LogP contribution < -0.4 is 10.1 Å². The maximum Gasteiger partial charge on any atom is 0.341 e. The van der Waals surface area contributed by atoms with Crippen LogP contribution in [0.15, 0.2) is 42.6 Å². The lowest BCUT2D eigenvalue weighted by atomic mass is 10.1. The largest absolute Gasteiger partial charge is 0.494 e. The topological polar surface area (TPSA) is 60.5 Å². The van der Waals surface area contributed by atoms with Crippen molar-refractivity contribution in [1.29, 1.82) is 0 Å². The molecule has 3 rings (SSSR count). The second kappa shape index (κ2) is 8.46. The third-order valence-corrected chi connectivity index (χ3v) is 4.65. The molecule has 0 bridgehead atoms. The van der Waals surface area contributed by atoms with Crippen LogP contribution in [0.3, 0.4) is 0 Å². The first-order valence-electron chi connectivity index (χ1n) is 8.48. The number of aromatic nitrogens is 1. The Labute approximate surface area is 167 Å². The summed E-state index contributed by atoms with van der Waals surface area (Å²) in [4.78, 5) is 16.7. The zero-order valence-corrected chi connectivity index (χ0v) is 16.4. The molecule has 1 aromatic heterocycles. The average molecular weight is 405 g/mol. The van der Waals surface area contributed by atoms with Gasteiger partial charge in [0.25, 0.3) is 0 Å². The minimum atomic E-state index is -0.466. The number of fused-ring (bicyclic) bond motifs is 1. The molecular weight excluding hydrogens is 387 g/mol. The molecule has 3 aromatic rings. The lowest BCUT2D eigenvalue weighted by Gasteiger charge is -2.15. The second-order valence-electron chi connectivity index (χ2n) is 5.61. The smallest absolute Gasteiger partial charge is 0.341 e. The first kappa shape index (κ1) is 19.3. The van der Waals surface area contributed by atoms with Crippen LogP contribution >= 0.6 is 23.2 Å². The van der Waals surface area contributed by atoms with Crippen molar-refractivity contribution >= 4 is 51.4 Å². The van der Waals surface area contributed by atoms with Gasteiger partial charge in [-0.15, -0.1) is 0 Å². The zero-order chi connectivity index (χ0) is 19.4. The number of pyridine rings is 1. The summed E-state index contributed by atoms with van der Waals surface area (Å²) < 4.78 is 10.6. The third kappa shape index (κ3) is 4.10. The van der Waals surface area contributed by atoms with Crippen molar-refractivity contribution in [2.75, 3.05) is 18.5 Å². The van der Waals surface area contributed by atoms with Crippen LogP contribution in [0.25, 0.3) is 10.9 Å². The predicted molar refractivity (Wildman–Crippen MR) is 109 cm³/mol. The standard InChI is InChI=1S/C20H18Cl2N2O3/c1-3-26-13-7-5-12(6-8-13)24-18-14-9-10-16(21)17(22)19(14)23-11-15(18)20(25)27-4-2/h5-11H,3-4H2,1-2H3,(H,23,24). The summed E-state index contributed by atoms with van der Waals surface area (Å²) in [5.74, 6) is 0.300. The summed E-state index contributed by atoms with van der Waals surface area (Å²) >= 11 is 12.4. The third-order valence-electron chi connectivity index (χ3n) is 3.86. The van der Waals surface area contributed by atoms with Gasteiger partial charge >= 0.3 is 5.97 Å². The van der Waals surface area contributed by atoms with Gasteiger partial charge in [-0.2, -0.15) is 0 Å². The number of carbonyl (C=O) groups excluding carboxylic acids is 1. The Morgan fingerprint density at radius 1 is 1.07 bits per heavy atom. The van der Waals surface area contributed by atoms with Crippen LogP contribution in [0.2, 0.25) is 10.0 Å². The first-order valence-corrected chi connectivity index (χ1v) is 9.24. The Morgan fingerprint density at radius 3 is 2.48 bits per heavy atom. The Hall–Kier alpha value is -2.50. The van der Waals surface area contributed by atoms with Crippen molar-refractivity contribution in [1.82, 2.24) is 4.98 Å². The van der Waals surface area contributed by atoms with Gasteiger partial charge in [0.05, 0.1) is 34.5 Å². The van der Waals surface area contributed by atoms with E-state index in [0.29, 0.717) is 38.8 Å². The van der Waals surface area contributed by atoms with E-state index in [1.165, 1.54) is 6.20 Å². The van der Waals surface area contributed by atoms with Gasteiger partial charge in [-0.25, -0.2) is 4.79 Å². The van der Waals surface area contributed by atoms with Crippen molar-refractivity contribution in [3.05, 3.63) is 58.2 Å². The minimum Gasteiger partial charge on any atom is -0.494 e. The number of hydrogen-bond donors (Lipinski definition) is 1. The number of hydrogen-bond acceptors (Lipinski definition) is 5. The molecule has 5 nitrogen and oxygen atoms in total. The number of rotatable bonds is 6. The van der Waals surface area contributed by atoms with Crippen LogP contribution in [-0.2, 0) is 4.74 Å². The Morgan fingerprint density at radius 2 is 1.81 bits per heavy atom. The van der Waals surface area contributed by atoms with Gasteiger partial charge in [-0.1, -0.05) is 23.2 Å². The lowest BCUT2D eigenvalue weighted by molar-refractivity contribution is 0.0527. The molecule has 1 heterocycles. The molecule has 0 unspecified atom stereocenters. The molecule has 0 aliphatic carbocycles. The summed E-state index contributed by atoms with van der Waals surface area (Å²) in [7, 11) is 0. The summed E-state index contributed by atoms with van der Waals surface area (Å²) in [6, 6.07) is 10.9. The highest BCUT2D eigenvalue weighted by Gasteiger charge is 2.19. The molecule has 140 valence electrons. The molecule has 0 saturated heterocycles. The zero-order valence-electron chi connectivity index (χ0n) is 14.9. The number of carbonyl (C=O) groups is 1. The number of nitrogens with zero attached hydrogens (tertiary/aromatic N) is 1. The van der Waals surface area contributed by atoms with Crippen molar-refractivity contribution in [2.24, 2.45) is 0 Å². The van der Waals surface area contributed by atoms with Crippen LogP contribution in [-0.4, -0.2) is 24.2 Å². The van der Waals surface area contributed by atoms with E-state index in [9.17, 15) is 4.79 Å². The van der Waals surface area contributed by atoms with Gasteiger partial charge in [0.1, 0.15) is 11.3 Å². The van der Waals surface area contributed by atoms with Gasteiger partial charge in [-0.05, 0) is 50.2 Å². The number of ether oxygens (including phenoxy) is 2. The Kier molecular flexibility index (Phi) is 6.04. The Bertz CT molecular complexity index is 975. The van der Waals surface area contributed by atoms with Crippen LogP contribution in [0.5, 0.6) is 5.75 Å². The number of halogens is 2. The quantitative estimate of drug-likeness (QED) is 0.521. The average Bonchev–Trinajstić information content (AvgIpc) is 2.67. The lowest BCUT2D eigenvalue weighted by Crippen LogP contribution is -2.09. The van der Waals surface area contributed by atoms with Gasteiger partial charge in [0.15, 0.2) is 0 Å². The summed E-state index contributed by atoms with van der Waals surface area (Å²) in [6.45, 7) is 4.53. The molecule has 1 N–H and O–H groups in total. The van der Waals surface area contributed by atoms with E-state index in [1.54, 1.807) is 19.1 Å². The van der Waals surface area contributed by atoms with E-state index in [-0.39, 0.29) is 6.61 Å². The van der Waals surface area contributed by atoms with Crippen molar-refractivity contribution in [3.63, 3.8) is 0 Å². The van der Waals surface area contributed by atoms with Gasteiger partial charge < -0.3 is 14.8 Å². The monoisotopic (exact) mass is 404 g/mol. The highest BCUT2D eigenvalue weighted by atomic mass is 35.5. The van der Waals surface area contributed by atoms with E-state index < -0.39 is 5.97 Å². The fraction of sp³-hybridized carbons (Fsp3) is 0.200. The molecule has 27 heavy (non-hydrogen) atoms. The normalized spacial score (nSPS) is 10.7. The first-order chi connectivity index (χ1) is 13.0. The summed E-state index contributed by atoms with van der Waals surface area (Å²) in [5.41, 5.74) is 2.16. The molecule has 0 aliphatic rings. The van der Waals surface area contributed by atoms with Crippen molar-refractivity contribution in [2.45, 2.75) is 13.8 Å². The fourth-order valence-corrected chi connectivity index (χ4v) is 3.02. The van der Waals surface area contributed by atoms with E-state index in [1.807, 2.05) is 31.2 Å². The second-order valence-corrected chi connectivity index (χ2v) is 6.39. The van der Waals surface area contributed by atoms with Gasteiger partial charge in [0.2, 0.25) is 0 Å².